The van der Waals surface area contributed by atoms with Gasteiger partial charge in [-0.25, -0.2) is 8.78 Å². The minimum atomic E-state index is -0.663. The van der Waals surface area contributed by atoms with E-state index in [1.165, 1.54) is 17.7 Å². The number of nitrogens with one attached hydrogen (secondary N) is 1. The fourth-order valence-electron chi connectivity index (χ4n) is 2.53. The Kier molecular flexibility index (Phi) is 4.36. The van der Waals surface area contributed by atoms with Crippen LogP contribution in [0, 0.1) is 32.4 Å². The van der Waals surface area contributed by atoms with E-state index in [4.69, 9.17) is 0 Å². The molecule has 0 fully saturated rings. The third-order valence-corrected chi connectivity index (χ3v) is 3.31. The lowest BCUT2D eigenvalue weighted by molar-refractivity contribution is 0.585. The second-order valence-electron chi connectivity index (χ2n) is 5.21. The van der Waals surface area contributed by atoms with Crippen molar-refractivity contribution in [1.29, 1.82) is 0 Å². The first-order chi connectivity index (χ1) is 9.88. The number of aryl methyl sites for hydroxylation is 3. The summed E-state index contributed by atoms with van der Waals surface area (Å²) in [5, 5.41) is 4.21. The normalized spacial score (nSPS) is 11.6. The molecule has 2 aromatic carbocycles. The van der Waals surface area contributed by atoms with Crippen LogP contribution in [0.1, 0.15) is 29.2 Å². The number of nitrogens with zero attached hydrogens (tertiary/aromatic N) is 1. The molecule has 0 unspecified atom stereocenters. The van der Waals surface area contributed by atoms with Crippen LogP contribution in [0.15, 0.2) is 35.4 Å². The summed E-state index contributed by atoms with van der Waals surface area (Å²) in [5.41, 5.74) is 8.04. The van der Waals surface area contributed by atoms with Gasteiger partial charge in [-0.15, -0.1) is 0 Å². The summed E-state index contributed by atoms with van der Waals surface area (Å²) >= 11 is 0. The van der Waals surface area contributed by atoms with Gasteiger partial charge in [0.2, 0.25) is 0 Å². The average Bonchev–Trinajstić information content (AvgIpc) is 2.36. The van der Waals surface area contributed by atoms with Crippen molar-refractivity contribution in [2.75, 3.05) is 5.43 Å². The van der Waals surface area contributed by atoms with Gasteiger partial charge in [0.25, 0.3) is 0 Å². The maximum absolute atomic E-state index is 13.5. The van der Waals surface area contributed by atoms with Crippen LogP contribution in [0.4, 0.5) is 14.5 Å². The fraction of sp³-hybridized carbons (Fsp3) is 0.235. The van der Waals surface area contributed by atoms with E-state index in [2.05, 4.69) is 22.7 Å². The number of hydrogen-bond acceptors (Lipinski definition) is 2. The Hall–Kier alpha value is -2.23. The minimum absolute atomic E-state index is 0.151. The first-order valence-corrected chi connectivity index (χ1v) is 6.72. The zero-order valence-electron chi connectivity index (χ0n) is 12.6. The van der Waals surface area contributed by atoms with Crippen LogP contribution in [0.3, 0.4) is 0 Å². The highest BCUT2D eigenvalue weighted by Gasteiger charge is 2.08. The molecular weight excluding hydrogens is 270 g/mol. The van der Waals surface area contributed by atoms with Crippen molar-refractivity contribution in [2.45, 2.75) is 27.7 Å². The van der Waals surface area contributed by atoms with Gasteiger partial charge in [0, 0.05) is 11.6 Å². The van der Waals surface area contributed by atoms with Crippen LogP contribution >= 0.6 is 0 Å². The van der Waals surface area contributed by atoms with Gasteiger partial charge < -0.3 is 0 Å². The van der Waals surface area contributed by atoms with Gasteiger partial charge in [-0.3, -0.25) is 5.43 Å². The lowest BCUT2D eigenvalue weighted by Gasteiger charge is -2.11. The molecular formula is C17H18F2N2. The molecule has 0 saturated heterocycles. The molecule has 0 aromatic heterocycles. The molecule has 0 aliphatic rings. The standard InChI is InChI=1S/C17H18F2N2/c1-10-7-11(2)17(12(3)8-10)13(4)20-21-16-6-5-14(18)9-15(16)19/h5-9,21H,1-4H3/b20-13-. The molecule has 0 aliphatic heterocycles. The zero-order chi connectivity index (χ0) is 15.6. The largest absolute Gasteiger partial charge is 0.275 e. The minimum Gasteiger partial charge on any atom is -0.275 e. The highest BCUT2D eigenvalue weighted by atomic mass is 19.1. The van der Waals surface area contributed by atoms with Crippen LogP contribution < -0.4 is 5.43 Å². The molecule has 0 radical (unpaired) electrons. The number of benzene rings is 2. The molecule has 2 aromatic rings. The van der Waals surface area contributed by atoms with Crippen molar-refractivity contribution in [2.24, 2.45) is 5.10 Å². The van der Waals surface area contributed by atoms with E-state index in [0.717, 1.165) is 28.5 Å². The molecule has 0 saturated carbocycles. The van der Waals surface area contributed by atoms with Crippen molar-refractivity contribution in [3.63, 3.8) is 0 Å². The Balaban J connectivity index is 2.30. The van der Waals surface area contributed by atoms with Crippen LogP contribution in [0.5, 0.6) is 0 Å². The van der Waals surface area contributed by atoms with Crippen LogP contribution in [-0.4, -0.2) is 5.71 Å². The van der Waals surface area contributed by atoms with Crippen molar-refractivity contribution in [1.82, 2.24) is 0 Å². The van der Waals surface area contributed by atoms with E-state index in [1.807, 2.05) is 27.7 Å². The molecule has 0 heterocycles. The quantitative estimate of drug-likeness (QED) is 0.641. The zero-order valence-corrected chi connectivity index (χ0v) is 12.6. The van der Waals surface area contributed by atoms with Crippen molar-refractivity contribution in [3.8, 4) is 0 Å². The molecule has 0 aliphatic carbocycles. The van der Waals surface area contributed by atoms with Crippen LogP contribution in [-0.2, 0) is 0 Å². The monoisotopic (exact) mass is 288 g/mol. The van der Waals surface area contributed by atoms with Gasteiger partial charge in [0.1, 0.15) is 5.82 Å². The van der Waals surface area contributed by atoms with Crippen LogP contribution in [0.2, 0.25) is 0 Å². The van der Waals surface area contributed by atoms with Gasteiger partial charge in [0.05, 0.1) is 11.4 Å². The van der Waals surface area contributed by atoms with Crippen LogP contribution in [0.25, 0.3) is 0 Å². The van der Waals surface area contributed by atoms with E-state index in [9.17, 15) is 8.78 Å². The number of anilines is 1. The van der Waals surface area contributed by atoms with E-state index < -0.39 is 11.6 Å². The first kappa shape index (κ1) is 15.2. The van der Waals surface area contributed by atoms with Crippen molar-refractivity contribution in [3.05, 3.63) is 64.2 Å². The number of hydrogen-bond donors (Lipinski definition) is 1. The second kappa shape index (κ2) is 6.04. The number of rotatable bonds is 3. The molecule has 0 amide bonds. The van der Waals surface area contributed by atoms with E-state index in [1.54, 1.807) is 0 Å². The highest BCUT2D eigenvalue weighted by molar-refractivity contribution is 6.01. The Morgan fingerprint density at radius 1 is 1.00 bits per heavy atom. The maximum atomic E-state index is 13.5. The third kappa shape index (κ3) is 3.45. The smallest absolute Gasteiger partial charge is 0.151 e. The highest BCUT2D eigenvalue weighted by Crippen LogP contribution is 2.19. The van der Waals surface area contributed by atoms with Gasteiger partial charge in [-0.05, 0) is 51.0 Å². The maximum Gasteiger partial charge on any atom is 0.151 e. The van der Waals surface area contributed by atoms with Gasteiger partial charge in [-0.2, -0.15) is 5.10 Å². The summed E-state index contributed by atoms with van der Waals surface area (Å²) in [6.45, 7) is 7.95. The third-order valence-electron chi connectivity index (χ3n) is 3.31. The van der Waals surface area contributed by atoms with E-state index in [-0.39, 0.29) is 5.69 Å². The summed E-state index contributed by atoms with van der Waals surface area (Å²) < 4.78 is 26.4. The summed E-state index contributed by atoms with van der Waals surface area (Å²) in [7, 11) is 0. The molecule has 2 nitrogen and oxygen atoms in total. The lowest BCUT2D eigenvalue weighted by Crippen LogP contribution is -2.05. The summed E-state index contributed by atoms with van der Waals surface area (Å²) in [6, 6.07) is 7.52. The average molecular weight is 288 g/mol. The van der Waals surface area contributed by atoms with Gasteiger partial charge in [0.15, 0.2) is 5.82 Å². The van der Waals surface area contributed by atoms with Crippen molar-refractivity contribution >= 4 is 11.4 Å². The Morgan fingerprint density at radius 2 is 1.62 bits per heavy atom. The van der Waals surface area contributed by atoms with Gasteiger partial charge in [-0.1, -0.05) is 17.7 Å². The SMILES string of the molecule is C/C(=N/Nc1ccc(F)cc1F)c1c(C)cc(C)cc1C. The topological polar surface area (TPSA) is 24.4 Å². The fourth-order valence-corrected chi connectivity index (χ4v) is 2.53. The summed E-state index contributed by atoms with van der Waals surface area (Å²) in [5.74, 6) is -1.27. The molecule has 110 valence electrons. The second-order valence-corrected chi connectivity index (χ2v) is 5.21. The molecule has 0 atom stereocenters. The Bertz CT molecular complexity index is 683. The molecule has 0 spiro atoms. The lowest BCUT2D eigenvalue weighted by atomic mass is 9.97. The molecule has 21 heavy (non-hydrogen) atoms. The summed E-state index contributed by atoms with van der Waals surface area (Å²) in [6.07, 6.45) is 0. The van der Waals surface area contributed by atoms with Crippen molar-refractivity contribution < 1.29 is 8.78 Å². The molecule has 0 bridgehead atoms. The molecule has 1 N–H and O–H groups in total. The Morgan fingerprint density at radius 3 is 2.19 bits per heavy atom. The van der Waals surface area contributed by atoms with E-state index in [0.29, 0.717) is 0 Å². The summed E-state index contributed by atoms with van der Waals surface area (Å²) in [4.78, 5) is 0. The molecule has 2 rings (SSSR count). The molecule has 4 heteroatoms. The number of hydrazone groups is 1. The van der Waals surface area contributed by atoms with E-state index >= 15 is 0 Å². The Labute approximate surface area is 123 Å². The van der Waals surface area contributed by atoms with Gasteiger partial charge >= 0.3 is 0 Å². The first-order valence-electron chi connectivity index (χ1n) is 6.72. The number of halogens is 2. The predicted octanol–water partition coefficient (Wildman–Crippen LogP) is 4.73. The predicted molar refractivity (Wildman–Crippen MR) is 82.8 cm³/mol.